The Balaban J connectivity index is 2.67. The van der Waals surface area contributed by atoms with Crippen LogP contribution in [0.25, 0.3) is 0 Å². The summed E-state index contributed by atoms with van der Waals surface area (Å²) in [7, 11) is 0. The van der Waals surface area contributed by atoms with Crippen LogP contribution < -0.4 is 5.32 Å². The fourth-order valence-corrected chi connectivity index (χ4v) is 0.921. The van der Waals surface area contributed by atoms with Gasteiger partial charge in [0.15, 0.2) is 0 Å². The lowest BCUT2D eigenvalue weighted by Gasteiger charge is -2.20. The van der Waals surface area contributed by atoms with Crippen molar-refractivity contribution in [3.63, 3.8) is 0 Å². The SMILES string of the molecule is CC1(C)OC(=O)N[C@H]1CO. The van der Waals surface area contributed by atoms with Crippen LogP contribution in [0.5, 0.6) is 0 Å². The van der Waals surface area contributed by atoms with Gasteiger partial charge in [-0.1, -0.05) is 0 Å². The van der Waals surface area contributed by atoms with Crippen LogP contribution in [0.2, 0.25) is 0 Å². The molecule has 1 aliphatic rings. The highest BCUT2D eigenvalue weighted by Crippen LogP contribution is 2.20. The molecule has 0 aromatic heterocycles. The molecule has 1 saturated heterocycles. The van der Waals surface area contributed by atoms with Crippen molar-refractivity contribution in [1.82, 2.24) is 5.32 Å². The number of amides is 1. The van der Waals surface area contributed by atoms with Gasteiger partial charge in [-0.15, -0.1) is 0 Å². The molecule has 0 radical (unpaired) electrons. The number of cyclic esters (lactones) is 1. The monoisotopic (exact) mass is 145 g/mol. The lowest BCUT2D eigenvalue weighted by molar-refractivity contribution is 0.0537. The van der Waals surface area contributed by atoms with Crippen molar-refractivity contribution in [3.05, 3.63) is 0 Å². The van der Waals surface area contributed by atoms with E-state index in [4.69, 9.17) is 9.84 Å². The summed E-state index contributed by atoms with van der Waals surface area (Å²) in [5.41, 5.74) is -0.578. The van der Waals surface area contributed by atoms with Crippen molar-refractivity contribution < 1.29 is 14.6 Å². The molecule has 0 unspecified atom stereocenters. The molecule has 1 rings (SSSR count). The van der Waals surface area contributed by atoms with Crippen molar-refractivity contribution in [2.24, 2.45) is 0 Å². The number of hydrogen-bond donors (Lipinski definition) is 2. The molecular weight excluding hydrogens is 134 g/mol. The number of aliphatic hydroxyl groups excluding tert-OH is 1. The molecule has 1 amide bonds. The van der Waals surface area contributed by atoms with Gasteiger partial charge in [0, 0.05) is 0 Å². The van der Waals surface area contributed by atoms with Crippen LogP contribution in [0.4, 0.5) is 4.79 Å². The summed E-state index contributed by atoms with van der Waals surface area (Å²) in [4.78, 5) is 10.6. The molecule has 0 bridgehead atoms. The fourth-order valence-electron chi connectivity index (χ4n) is 0.921. The average Bonchev–Trinajstić information content (AvgIpc) is 2.04. The maximum absolute atomic E-state index is 10.6. The van der Waals surface area contributed by atoms with Crippen molar-refractivity contribution >= 4 is 6.09 Å². The summed E-state index contributed by atoms with van der Waals surface area (Å²) in [5.74, 6) is 0. The van der Waals surface area contributed by atoms with Gasteiger partial charge in [0.25, 0.3) is 0 Å². The number of hydrogen-bond acceptors (Lipinski definition) is 3. The van der Waals surface area contributed by atoms with Crippen LogP contribution in [0.1, 0.15) is 13.8 Å². The summed E-state index contributed by atoms with van der Waals surface area (Å²) < 4.78 is 4.84. The van der Waals surface area contributed by atoms with E-state index in [-0.39, 0.29) is 12.6 Å². The first kappa shape index (κ1) is 7.34. The van der Waals surface area contributed by atoms with Crippen molar-refractivity contribution in [2.75, 3.05) is 6.61 Å². The highest BCUT2D eigenvalue weighted by atomic mass is 16.6. The maximum Gasteiger partial charge on any atom is 0.408 e. The molecule has 2 N–H and O–H groups in total. The molecule has 1 heterocycles. The van der Waals surface area contributed by atoms with E-state index in [2.05, 4.69) is 5.32 Å². The average molecular weight is 145 g/mol. The number of carbonyl (C=O) groups excluding carboxylic acids is 1. The third-order valence-corrected chi connectivity index (χ3v) is 1.67. The Bertz CT molecular complexity index is 155. The molecule has 58 valence electrons. The lowest BCUT2D eigenvalue weighted by Crippen LogP contribution is -2.41. The second-order valence-electron chi connectivity index (χ2n) is 2.87. The maximum atomic E-state index is 10.6. The van der Waals surface area contributed by atoms with Crippen LogP contribution >= 0.6 is 0 Å². The Hall–Kier alpha value is -0.770. The molecular formula is C6H11NO3. The number of alkyl carbamates (subject to hydrolysis) is 1. The Morgan fingerprint density at radius 3 is 2.60 bits per heavy atom. The molecule has 1 aliphatic heterocycles. The number of ether oxygens (including phenoxy) is 1. The first-order chi connectivity index (χ1) is 4.56. The number of aliphatic hydroxyl groups is 1. The molecule has 0 aliphatic carbocycles. The molecule has 4 heteroatoms. The predicted octanol–water partition coefficient (Wildman–Crippen LogP) is -0.134. The van der Waals surface area contributed by atoms with E-state index in [9.17, 15) is 4.79 Å². The first-order valence-corrected chi connectivity index (χ1v) is 3.16. The van der Waals surface area contributed by atoms with E-state index < -0.39 is 11.7 Å². The van der Waals surface area contributed by atoms with Gasteiger partial charge in [-0.3, -0.25) is 0 Å². The molecule has 0 aromatic rings. The van der Waals surface area contributed by atoms with E-state index in [0.29, 0.717) is 0 Å². The Labute approximate surface area is 59.2 Å². The highest BCUT2D eigenvalue weighted by molar-refractivity contribution is 5.70. The zero-order valence-electron chi connectivity index (χ0n) is 6.05. The van der Waals surface area contributed by atoms with Gasteiger partial charge < -0.3 is 15.2 Å². The van der Waals surface area contributed by atoms with E-state index in [0.717, 1.165) is 0 Å². The number of carbonyl (C=O) groups is 1. The minimum atomic E-state index is -0.578. The normalized spacial score (nSPS) is 29.5. The van der Waals surface area contributed by atoms with Gasteiger partial charge in [0.05, 0.1) is 12.6 Å². The minimum absolute atomic E-state index is 0.0846. The van der Waals surface area contributed by atoms with E-state index in [1.165, 1.54) is 0 Å². The number of rotatable bonds is 1. The highest BCUT2D eigenvalue weighted by Gasteiger charge is 2.40. The van der Waals surface area contributed by atoms with E-state index in [1.54, 1.807) is 13.8 Å². The van der Waals surface area contributed by atoms with Crippen LogP contribution in [0, 0.1) is 0 Å². The zero-order valence-corrected chi connectivity index (χ0v) is 6.05. The van der Waals surface area contributed by atoms with Crippen molar-refractivity contribution in [1.29, 1.82) is 0 Å². The first-order valence-electron chi connectivity index (χ1n) is 3.16. The molecule has 1 fully saturated rings. The fraction of sp³-hybridized carbons (Fsp3) is 0.833. The zero-order chi connectivity index (χ0) is 7.78. The molecule has 0 spiro atoms. The van der Waals surface area contributed by atoms with Crippen molar-refractivity contribution in [3.8, 4) is 0 Å². The molecule has 1 atom stereocenters. The third-order valence-electron chi connectivity index (χ3n) is 1.67. The molecule has 0 saturated carbocycles. The van der Waals surface area contributed by atoms with Gasteiger partial charge in [0.2, 0.25) is 0 Å². The summed E-state index contributed by atoms with van der Waals surface area (Å²) in [5, 5.41) is 11.2. The largest absolute Gasteiger partial charge is 0.441 e. The van der Waals surface area contributed by atoms with E-state index >= 15 is 0 Å². The second-order valence-corrected chi connectivity index (χ2v) is 2.87. The molecule has 4 nitrogen and oxygen atoms in total. The lowest BCUT2D eigenvalue weighted by atomic mass is 10.0. The predicted molar refractivity (Wildman–Crippen MR) is 34.6 cm³/mol. The van der Waals surface area contributed by atoms with Crippen LogP contribution in [0.3, 0.4) is 0 Å². The number of nitrogens with one attached hydrogen (secondary N) is 1. The van der Waals surface area contributed by atoms with Crippen LogP contribution in [-0.4, -0.2) is 29.4 Å². The Kier molecular flexibility index (Phi) is 1.56. The minimum Gasteiger partial charge on any atom is -0.441 e. The summed E-state index contributed by atoms with van der Waals surface area (Å²) in [6.45, 7) is 3.43. The van der Waals surface area contributed by atoms with Gasteiger partial charge in [-0.25, -0.2) is 4.79 Å². The van der Waals surface area contributed by atoms with Gasteiger partial charge in [0.1, 0.15) is 5.60 Å². The second kappa shape index (κ2) is 2.12. The van der Waals surface area contributed by atoms with Gasteiger partial charge >= 0.3 is 6.09 Å². The third kappa shape index (κ3) is 1.07. The summed E-state index contributed by atoms with van der Waals surface area (Å²) in [6, 6.07) is -0.278. The standard InChI is InChI=1S/C6H11NO3/c1-6(2)4(3-8)7-5(9)10-6/h4,8H,3H2,1-2H3,(H,7,9)/t4-/m0/s1. The van der Waals surface area contributed by atoms with Crippen LogP contribution in [-0.2, 0) is 4.74 Å². The van der Waals surface area contributed by atoms with E-state index in [1.807, 2.05) is 0 Å². The van der Waals surface area contributed by atoms with Gasteiger partial charge in [-0.05, 0) is 13.8 Å². The topological polar surface area (TPSA) is 58.6 Å². The van der Waals surface area contributed by atoms with Gasteiger partial charge in [-0.2, -0.15) is 0 Å². The molecule has 0 aromatic carbocycles. The quantitative estimate of drug-likeness (QED) is 0.540. The van der Waals surface area contributed by atoms with Crippen molar-refractivity contribution in [2.45, 2.75) is 25.5 Å². The Morgan fingerprint density at radius 2 is 2.40 bits per heavy atom. The van der Waals surface area contributed by atoms with Crippen LogP contribution in [0.15, 0.2) is 0 Å². The Morgan fingerprint density at radius 1 is 1.80 bits per heavy atom. The molecule has 10 heavy (non-hydrogen) atoms. The summed E-state index contributed by atoms with van der Waals surface area (Å²) in [6.07, 6.45) is -0.455. The smallest absolute Gasteiger partial charge is 0.408 e. The summed E-state index contributed by atoms with van der Waals surface area (Å²) >= 11 is 0.